The number of methoxy groups -OCH3 is 1. The highest BCUT2D eigenvalue weighted by atomic mass is 16.5. The third-order valence-corrected chi connectivity index (χ3v) is 6.41. The Morgan fingerprint density at radius 3 is 2.45 bits per heavy atom. The van der Waals surface area contributed by atoms with Crippen LogP contribution >= 0.6 is 0 Å². The van der Waals surface area contributed by atoms with Crippen LogP contribution in [0.3, 0.4) is 0 Å². The maximum Gasteiger partial charge on any atom is 0.254 e. The van der Waals surface area contributed by atoms with Gasteiger partial charge in [-0.05, 0) is 54.7 Å². The van der Waals surface area contributed by atoms with Crippen LogP contribution in [0.1, 0.15) is 40.0 Å². The van der Waals surface area contributed by atoms with Gasteiger partial charge in [0.05, 0.1) is 7.11 Å². The predicted molar refractivity (Wildman–Crippen MR) is 131 cm³/mol. The van der Waals surface area contributed by atoms with Crippen molar-refractivity contribution in [2.45, 2.75) is 25.3 Å². The van der Waals surface area contributed by atoms with Crippen molar-refractivity contribution in [3.05, 3.63) is 90.0 Å². The summed E-state index contributed by atoms with van der Waals surface area (Å²) in [7, 11) is 3.45. The van der Waals surface area contributed by atoms with Gasteiger partial charge in [0, 0.05) is 37.3 Å². The Kier molecular flexibility index (Phi) is 7.08. The molecule has 1 aliphatic heterocycles. The molecule has 3 aromatic carbocycles. The highest BCUT2D eigenvalue weighted by molar-refractivity contribution is 6.01. The summed E-state index contributed by atoms with van der Waals surface area (Å²) in [6, 6.07) is 25.2. The third kappa shape index (κ3) is 5.08. The minimum atomic E-state index is -0.0203. The zero-order chi connectivity index (χ0) is 23.2. The highest BCUT2D eigenvalue weighted by Gasteiger charge is 2.27. The van der Waals surface area contributed by atoms with Gasteiger partial charge in [-0.3, -0.25) is 9.59 Å². The number of carbonyl (C=O) groups is 2. The number of ether oxygens (including phenoxy) is 1. The van der Waals surface area contributed by atoms with E-state index in [2.05, 4.69) is 0 Å². The molecule has 0 unspecified atom stereocenters. The van der Waals surface area contributed by atoms with Gasteiger partial charge < -0.3 is 14.5 Å². The van der Waals surface area contributed by atoms with Gasteiger partial charge in [-0.25, -0.2) is 0 Å². The van der Waals surface area contributed by atoms with Crippen LogP contribution in [-0.2, 0) is 0 Å². The standard InChI is InChI=1S/C28H30N2O3/c1-29(27(31)22-12-8-14-24(20-22)33-2)23-13-9-18-30(19-17-23)28(32)26-16-7-6-15-25(26)21-10-4-3-5-11-21/h3-8,10-12,14-16,20,23H,9,13,17-19H2,1-2H3/t23-/m0/s1. The maximum atomic E-state index is 13.5. The fraction of sp³-hybridized carbons (Fsp3) is 0.286. The molecule has 170 valence electrons. The van der Waals surface area contributed by atoms with E-state index in [1.54, 1.807) is 13.2 Å². The van der Waals surface area contributed by atoms with E-state index < -0.39 is 0 Å². The number of nitrogens with zero attached hydrogens (tertiary/aromatic N) is 2. The largest absolute Gasteiger partial charge is 0.497 e. The van der Waals surface area contributed by atoms with Gasteiger partial charge in [0.15, 0.2) is 0 Å². The van der Waals surface area contributed by atoms with E-state index in [1.807, 2.05) is 89.6 Å². The average molecular weight is 443 g/mol. The minimum absolute atomic E-state index is 0.0203. The van der Waals surface area contributed by atoms with Crippen molar-refractivity contribution in [3.8, 4) is 16.9 Å². The van der Waals surface area contributed by atoms with E-state index in [4.69, 9.17) is 4.74 Å². The smallest absolute Gasteiger partial charge is 0.254 e. The van der Waals surface area contributed by atoms with Crippen molar-refractivity contribution in [2.24, 2.45) is 0 Å². The van der Waals surface area contributed by atoms with Crippen LogP contribution in [-0.4, -0.2) is 54.9 Å². The first-order chi connectivity index (χ1) is 16.1. The molecular weight excluding hydrogens is 412 g/mol. The summed E-state index contributed by atoms with van der Waals surface area (Å²) in [6.07, 6.45) is 2.49. The Morgan fingerprint density at radius 1 is 0.909 bits per heavy atom. The Morgan fingerprint density at radius 2 is 1.67 bits per heavy atom. The molecule has 3 aromatic rings. The van der Waals surface area contributed by atoms with Crippen LogP contribution in [0, 0.1) is 0 Å². The molecular formula is C28H30N2O3. The lowest BCUT2D eigenvalue weighted by molar-refractivity contribution is 0.0710. The van der Waals surface area contributed by atoms with Crippen molar-refractivity contribution in [3.63, 3.8) is 0 Å². The van der Waals surface area contributed by atoms with Crippen molar-refractivity contribution < 1.29 is 14.3 Å². The molecule has 0 aromatic heterocycles. The molecule has 5 heteroatoms. The topological polar surface area (TPSA) is 49.9 Å². The Hall–Kier alpha value is -3.60. The van der Waals surface area contributed by atoms with Gasteiger partial charge in [0.2, 0.25) is 0 Å². The lowest BCUT2D eigenvalue weighted by atomic mass is 9.99. The Bertz CT molecular complexity index is 1110. The van der Waals surface area contributed by atoms with E-state index in [9.17, 15) is 9.59 Å². The minimum Gasteiger partial charge on any atom is -0.497 e. The molecule has 2 amide bonds. The van der Waals surface area contributed by atoms with E-state index in [-0.39, 0.29) is 17.9 Å². The highest BCUT2D eigenvalue weighted by Crippen LogP contribution is 2.26. The lowest BCUT2D eigenvalue weighted by Crippen LogP contribution is -2.38. The first-order valence-corrected chi connectivity index (χ1v) is 11.4. The summed E-state index contributed by atoms with van der Waals surface area (Å²) in [5.74, 6) is 0.703. The number of rotatable bonds is 5. The summed E-state index contributed by atoms with van der Waals surface area (Å²) in [6.45, 7) is 1.32. The second-order valence-electron chi connectivity index (χ2n) is 8.44. The quantitative estimate of drug-likeness (QED) is 0.550. The second kappa shape index (κ2) is 10.3. The molecule has 1 aliphatic rings. The van der Waals surface area contributed by atoms with Crippen molar-refractivity contribution in [1.82, 2.24) is 9.80 Å². The zero-order valence-corrected chi connectivity index (χ0v) is 19.2. The second-order valence-corrected chi connectivity index (χ2v) is 8.44. The molecule has 0 aliphatic carbocycles. The van der Waals surface area contributed by atoms with Crippen LogP contribution in [0.15, 0.2) is 78.9 Å². The molecule has 0 radical (unpaired) electrons. The van der Waals surface area contributed by atoms with Crippen LogP contribution in [0.25, 0.3) is 11.1 Å². The number of hydrogen-bond acceptors (Lipinski definition) is 3. The zero-order valence-electron chi connectivity index (χ0n) is 19.2. The van der Waals surface area contributed by atoms with Gasteiger partial charge in [0.1, 0.15) is 5.75 Å². The molecule has 33 heavy (non-hydrogen) atoms. The first kappa shape index (κ1) is 22.6. The fourth-order valence-electron chi connectivity index (χ4n) is 4.50. The molecule has 1 saturated heterocycles. The van der Waals surface area contributed by atoms with Gasteiger partial charge in [-0.2, -0.15) is 0 Å². The molecule has 1 fully saturated rings. The van der Waals surface area contributed by atoms with E-state index in [1.165, 1.54) is 0 Å². The molecule has 0 spiro atoms. The molecule has 0 N–H and O–H groups in total. The predicted octanol–water partition coefficient (Wildman–Crippen LogP) is 5.13. The van der Waals surface area contributed by atoms with Gasteiger partial charge in [0.25, 0.3) is 11.8 Å². The van der Waals surface area contributed by atoms with Crippen LogP contribution in [0.2, 0.25) is 0 Å². The SMILES string of the molecule is COc1cccc(C(=O)N(C)[C@H]2CCCN(C(=O)c3ccccc3-c3ccccc3)CC2)c1. The lowest BCUT2D eigenvalue weighted by Gasteiger charge is -2.28. The summed E-state index contributed by atoms with van der Waals surface area (Å²) < 4.78 is 5.26. The van der Waals surface area contributed by atoms with Gasteiger partial charge >= 0.3 is 0 Å². The number of amides is 2. The summed E-state index contributed by atoms with van der Waals surface area (Å²) in [4.78, 5) is 30.3. The maximum absolute atomic E-state index is 13.5. The van der Waals surface area contributed by atoms with Crippen molar-refractivity contribution >= 4 is 11.8 Å². The molecule has 1 heterocycles. The van der Waals surface area contributed by atoms with E-state index in [0.717, 1.165) is 36.0 Å². The monoisotopic (exact) mass is 442 g/mol. The third-order valence-electron chi connectivity index (χ3n) is 6.41. The fourth-order valence-corrected chi connectivity index (χ4v) is 4.50. The average Bonchev–Trinajstić information content (AvgIpc) is 3.14. The molecule has 5 nitrogen and oxygen atoms in total. The summed E-state index contributed by atoms with van der Waals surface area (Å²) >= 11 is 0. The van der Waals surface area contributed by atoms with Crippen LogP contribution in [0.5, 0.6) is 5.75 Å². The Balaban J connectivity index is 1.46. The van der Waals surface area contributed by atoms with Crippen molar-refractivity contribution in [2.75, 3.05) is 27.2 Å². The number of hydrogen-bond donors (Lipinski definition) is 0. The molecule has 0 bridgehead atoms. The number of likely N-dealkylation sites (tertiary alicyclic amines) is 1. The molecule has 1 atom stereocenters. The number of benzene rings is 3. The van der Waals surface area contributed by atoms with Gasteiger partial charge in [-0.15, -0.1) is 0 Å². The van der Waals surface area contributed by atoms with Crippen molar-refractivity contribution in [1.29, 1.82) is 0 Å². The first-order valence-electron chi connectivity index (χ1n) is 11.4. The summed E-state index contributed by atoms with van der Waals surface area (Å²) in [5, 5.41) is 0. The van der Waals surface area contributed by atoms with E-state index >= 15 is 0 Å². The molecule has 0 saturated carbocycles. The number of carbonyl (C=O) groups excluding carboxylic acids is 2. The van der Waals surface area contributed by atoms with Crippen LogP contribution < -0.4 is 4.74 Å². The molecule has 4 rings (SSSR count). The van der Waals surface area contributed by atoms with E-state index in [0.29, 0.717) is 24.4 Å². The van der Waals surface area contributed by atoms with Gasteiger partial charge in [-0.1, -0.05) is 54.6 Å². The van der Waals surface area contributed by atoms with Crippen LogP contribution in [0.4, 0.5) is 0 Å². The Labute approximate surface area is 195 Å². The normalized spacial score (nSPS) is 16.1. The summed E-state index contributed by atoms with van der Waals surface area (Å²) in [5.41, 5.74) is 3.33.